The summed E-state index contributed by atoms with van der Waals surface area (Å²) in [5, 5.41) is 3.43. The largest absolute Gasteiger partial charge is 0.348 e. The number of fused-ring (bicyclic) bond motifs is 1. The van der Waals surface area contributed by atoms with Crippen molar-refractivity contribution in [2.75, 3.05) is 29.1 Å². The molecule has 0 unspecified atom stereocenters. The second-order valence-corrected chi connectivity index (χ2v) is 8.48. The van der Waals surface area contributed by atoms with Gasteiger partial charge >= 0.3 is 0 Å². The Kier molecular flexibility index (Phi) is 5.50. The maximum Gasteiger partial charge on any atom is 0.273 e. The van der Waals surface area contributed by atoms with Crippen molar-refractivity contribution >= 4 is 50.2 Å². The third-order valence-electron chi connectivity index (χ3n) is 4.50. The highest BCUT2D eigenvalue weighted by molar-refractivity contribution is 7.99. The van der Waals surface area contributed by atoms with E-state index in [9.17, 15) is 18.4 Å². The summed E-state index contributed by atoms with van der Waals surface area (Å²) in [6.45, 7) is 1.83. The number of aromatic nitrogens is 3. The van der Waals surface area contributed by atoms with Gasteiger partial charge in [-0.2, -0.15) is 4.98 Å². The highest BCUT2D eigenvalue weighted by atomic mass is 32.2. The van der Waals surface area contributed by atoms with Gasteiger partial charge in [0.05, 0.1) is 11.4 Å². The number of hydrogen-bond donors (Lipinski definition) is 1. The molecule has 29 heavy (non-hydrogen) atoms. The molecule has 0 atom stereocenters. The standard InChI is InChI=1S/C18H17F2N5O2S2/c1-24-16(27)14-15(23-18(29-14)25-6-2-3-7-25)22-17(24)28-9-13(26)21-12-8-10(19)4-5-11(12)20/h4-5,8H,2-3,6-7,9H2,1H3,(H,21,26). The zero-order chi connectivity index (χ0) is 20.5. The van der Waals surface area contributed by atoms with Crippen molar-refractivity contribution in [2.24, 2.45) is 7.05 Å². The van der Waals surface area contributed by atoms with Crippen LogP contribution in [0.3, 0.4) is 0 Å². The summed E-state index contributed by atoms with van der Waals surface area (Å²) in [7, 11) is 1.58. The van der Waals surface area contributed by atoms with E-state index in [2.05, 4.69) is 20.2 Å². The first kappa shape index (κ1) is 19.8. The molecule has 0 bridgehead atoms. The molecule has 1 aromatic carbocycles. The molecule has 4 rings (SSSR count). The molecule has 0 radical (unpaired) electrons. The van der Waals surface area contributed by atoms with Crippen molar-refractivity contribution in [3.05, 3.63) is 40.2 Å². The quantitative estimate of drug-likeness (QED) is 0.488. The lowest BCUT2D eigenvalue weighted by Gasteiger charge is -2.11. The topological polar surface area (TPSA) is 80.1 Å². The summed E-state index contributed by atoms with van der Waals surface area (Å²) in [5.74, 6) is -2.04. The summed E-state index contributed by atoms with van der Waals surface area (Å²) in [6.07, 6.45) is 2.20. The fraction of sp³-hybridized carbons (Fsp3) is 0.333. The molecule has 1 aliphatic heterocycles. The van der Waals surface area contributed by atoms with Gasteiger partial charge in [0.25, 0.3) is 5.56 Å². The molecule has 7 nitrogen and oxygen atoms in total. The minimum absolute atomic E-state index is 0.120. The highest BCUT2D eigenvalue weighted by Gasteiger charge is 2.20. The lowest BCUT2D eigenvalue weighted by Crippen LogP contribution is -2.21. The fourth-order valence-corrected chi connectivity index (χ4v) is 4.80. The molecule has 0 spiro atoms. The monoisotopic (exact) mass is 437 g/mol. The zero-order valence-electron chi connectivity index (χ0n) is 15.4. The molecule has 0 aliphatic carbocycles. The molecular weight excluding hydrogens is 420 g/mol. The van der Waals surface area contributed by atoms with E-state index in [1.807, 2.05) is 0 Å². The zero-order valence-corrected chi connectivity index (χ0v) is 17.1. The van der Waals surface area contributed by atoms with Gasteiger partial charge in [0.15, 0.2) is 15.9 Å². The van der Waals surface area contributed by atoms with E-state index in [1.165, 1.54) is 15.9 Å². The van der Waals surface area contributed by atoms with Gasteiger partial charge in [-0.15, -0.1) is 0 Å². The van der Waals surface area contributed by atoms with Crippen LogP contribution in [-0.4, -0.2) is 39.3 Å². The first-order chi connectivity index (χ1) is 13.9. The molecule has 1 saturated heterocycles. The number of benzene rings is 1. The minimum Gasteiger partial charge on any atom is -0.348 e. The number of thiazole rings is 1. The van der Waals surface area contributed by atoms with Crippen LogP contribution < -0.4 is 15.8 Å². The molecule has 2 aromatic heterocycles. The average molecular weight is 437 g/mol. The minimum atomic E-state index is -0.728. The summed E-state index contributed by atoms with van der Waals surface area (Å²) in [4.78, 5) is 35.8. The van der Waals surface area contributed by atoms with E-state index in [0.717, 1.165) is 61.0 Å². The molecule has 1 fully saturated rings. The van der Waals surface area contributed by atoms with Crippen LogP contribution in [0.25, 0.3) is 10.3 Å². The van der Waals surface area contributed by atoms with E-state index in [1.54, 1.807) is 7.05 Å². The molecule has 11 heteroatoms. The third kappa shape index (κ3) is 4.10. The number of carbonyl (C=O) groups excluding carboxylic acids is 1. The lowest BCUT2D eigenvalue weighted by atomic mass is 10.3. The Bertz CT molecular complexity index is 1140. The number of nitrogens with zero attached hydrogens (tertiary/aromatic N) is 4. The summed E-state index contributed by atoms with van der Waals surface area (Å²) >= 11 is 2.36. The van der Waals surface area contributed by atoms with Gasteiger partial charge in [0.1, 0.15) is 16.3 Å². The molecule has 3 heterocycles. The summed E-state index contributed by atoms with van der Waals surface area (Å²) in [6, 6.07) is 2.82. The van der Waals surface area contributed by atoms with Crippen LogP contribution in [0.15, 0.2) is 28.2 Å². The number of thioether (sulfide) groups is 1. The smallest absolute Gasteiger partial charge is 0.273 e. The van der Waals surface area contributed by atoms with Crippen LogP contribution >= 0.6 is 23.1 Å². The SMILES string of the molecule is Cn1c(SCC(=O)Nc2cc(F)ccc2F)nc2nc(N3CCCC3)sc2c1=O. The molecule has 3 aromatic rings. The predicted octanol–water partition coefficient (Wildman–Crippen LogP) is 3.00. The summed E-state index contributed by atoms with van der Waals surface area (Å²) < 4.78 is 28.7. The molecule has 1 N–H and O–H groups in total. The maximum atomic E-state index is 13.7. The lowest BCUT2D eigenvalue weighted by molar-refractivity contribution is -0.113. The van der Waals surface area contributed by atoms with Crippen LogP contribution in [-0.2, 0) is 11.8 Å². The van der Waals surface area contributed by atoms with E-state index < -0.39 is 17.5 Å². The molecule has 0 saturated carbocycles. The number of carbonyl (C=O) groups is 1. The van der Waals surface area contributed by atoms with E-state index in [4.69, 9.17) is 0 Å². The first-order valence-corrected chi connectivity index (χ1v) is 10.7. The number of nitrogens with one attached hydrogen (secondary N) is 1. The molecule has 152 valence electrons. The van der Waals surface area contributed by atoms with Crippen molar-refractivity contribution in [3.8, 4) is 0 Å². The fourth-order valence-electron chi connectivity index (χ4n) is 3.00. The maximum absolute atomic E-state index is 13.7. The Hall–Kier alpha value is -2.53. The van der Waals surface area contributed by atoms with Gasteiger partial charge in [-0.3, -0.25) is 14.2 Å². The van der Waals surface area contributed by atoms with Crippen molar-refractivity contribution in [2.45, 2.75) is 18.0 Å². The van der Waals surface area contributed by atoms with Crippen LogP contribution in [0.5, 0.6) is 0 Å². The third-order valence-corrected chi connectivity index (χ3v) is 6.62. The van der Waals surface area contributed by atoms with Gasteiger partial charge in [-0.05, 0) is 25.0 Å². The first-order valence-electron chi connectivity index (χ1n) is 8.92. The highest BCUT2D eigenvalue weighted by Crippen LogP contribution is 2.29. The molecular formula is C18H17F2N5O2S2. The van der Waals surface area contributed by atoms with Gasteiger partial charge in [-0.1, -0.05) is 23.1 Å². The van der Waals surface area contributed by atoms with Crippen LogP contribution in [0.2, 0.25) is 0 Å². The number of amides is 1. The van der Waals surface area contributed by atoms with Crippen molar-refractivity contribution < 1.29 is 13.6 Å². The molecule has 1 amide bonds. The Morgan fingerprint density at radius 1 is 1.28 bits per heavy atom. The number of rotatable bonds is 5. The van der Waals surface area contributed by atoms with Crippen molar-refractivity contribution in [3.63, 3.8) is 0 Å². The second kappa shape index (κ2) is 8.07. The predicted molar refractivity (Wildman–Crippen MR) is 110 cm³/mol. The van der Waals surface area contributed by atoms with Crippen LogP contribution in [0.4, 0.5) is 19.6 Å². The van der Waals surface area contributed by atoms with Gasteiger partial charge in [-0.25, -0.2) is 13.8 Å². The van der Waals surface area contributed by atoms with Gasteiger partial charge in [0.2, 0.25) is 5.91 Å². The number of hydrogen-bond acceptors (Lipinski definition) is 7. The van der Waals surface area contributed by atoms with Gasteiger partial charge in [0, 0.05) is 26.2 Å². The van der Waals surface area contributed by atoms with E-state index in [0.29, 0.717) is 15.5 Å². The average Bonchev–Trinajstić information content (AvgIpc) is 3.36. The Morgan fingerprint density at radius 3 is 2.79 bits per heavy atom. The second-order valence-electron chi connectivity index (χ2n) is 6.56. The van der Waals surface area contributed by atoms with Crippen LogP contribution in [0, 0.1) is 11.6 Å². The summed E-state index contributed by atoms with van der Waals surface area (Å²) in [5.41, 5.74) is -0.0984. The number of anilines is 2. The Labute approximate surface area is 172 Å². The van der Waals surface area contributed by atoms with Crippen molar-refractivity contribution in [1.82, 2.24) is 14.5 Å². The van der Waals surface area contributed by atoms with E-state index in [-0.39, 0.29) is 17.0 Å². The normalized spacial score (nSPS) is 14.0. The van der Waals surface area contributed by atoms with E-state index >= 15 is 0 Å². The number of halogens is 2. The van der Waals surface area contributed by atoms with Crippen LogP contribution in [0.1, 0.15) is 12.8 Å². The van der Waals surface area contributed by atoms with Crippen molar-refractivity contribution in [1.29, 1.82) is 0 Å². The van der Waals surface area contributed by atoms with Gasteiger partial charge < -0.3 is 10.2 Å². The Balaban J connectivity index is 1.51. The Morgan fingerprint density at radius 2 is 2.03 bits per heavy atom. The molecule has 1 aliphatic rings.